The summed E-state index contributed by atoms with van der Waals surface area (Å²) < 4.78 is 4.28. The fourth-order valence-electron chi connectivity index (χ4n) is 1.69. The van der Waals surface area contributed by atoms with Gasteiger partial charge in [-0.15, -0.1) is 0 Å². The van der Waals surface area contributed by atoms with Gasteiger partial charge < -0.3 is 4.74 Å². The van der Waals surface area contributed by atoms with Gasteiger partial charge in [0.25, 0.3) is 0 Å². The molecule has 0 aliphatic carbocycles. The Morgan fingerprint density at radius 1 is 1.11 bits per heavy atom. The summed E-state index contributed by atoms with van der Waals surface area (Å²) in [5, 5.41) is 8.20. The molecule has 19 heavy (non-hydrogen) atoms. The van der Waals surface area contributed by atoms with Crippen LogP contribution in [0, 0.1) is 0 Å². The van der Waals surface area contributed by atoms with Gasteiger partial charge in [-0.2, -0.15) is 0 Å². The van der Waals surface area contributed by atoms with Crippen molar-refractivity contribution >= 4 is 12.1 Å². The number of amides is 1. The summed E-state index contributed by atoms with van der Waals surface area (Å²) in [4.78, 5) is 21.9. The first kappa shape index (κ1) is 17.6. The molecule has 0 aromatic rings. The highest BCUT2D eigenvalue weighted by molar-refractivity contribution is 5.94. The lowest BCUT2D eigenvalue weighted by Gasteiger charge is -2.02. The zero-order valence-corrected chi connectivity index (χ0v) is 11.9. The first-order chi connectivity index (χ1) is 9.11. The van der Waals surface area contributed by atoms with E-state index < -0.39 is 12.1 Å². The third-order valence-electron chi connectivity index (χ3n) is 2.86. The first-order valence-corrected chi connectivity index (χ1v) is 6.94. The maximum atomic E-state index is 11.3. The number of hydroxylamine groups is 1. The SMILES string of the molecule is CCCCCCCCCC=C(C)C(=O)OC(=O)NO. The van der Waals surface area contributed by atoms with E-state index in [1.54, 1.807) is 13.0 Å². The number of esters is 1. The Balaban J connectivity index is 3.64. The Morgan fingerprint density at radius 2 is 1.68 bits per heavy atom. The van der Waals surface area contributed by atoms with Crippen molar-refractivity contribution in [3.8, 4) is 0 Å². The number of ether oxygens (including phenoxy) is 1. The number of allylic oxidation sites excluding steroid dienone is 1. The van der Waals surface area contributed by atoms with E-state index in [2.05, 4.69) is 11.7 Å². The second-order valence-electron chi connectivity index (χ2n) is 4.59. The zero-order chi connectivity index (χ0) is 14.5. The fraction of sp³-hybridized carbons (Fsp3) is 0.714. The normalized spacial score (nSPS) is 11.2. The van der Waals surface area contributed by atoms with Crippen LogP contribution in [-0.2, 0) is 9.53 Å². The molecule has 0 fully saturated rings. The minimum Gasteiger partial charge on any atom is -0.371 e. The first-order valence-electron chi connectivity index (χ1n) is 6.94. The fourth-order valence-corrected chi connectivity index (χ4v) is 1.69. The van der Waals surface area contributed by atoms with E-state index in [0.29, 0.717) is 5.57 Å². The standard InChI is InChI=1S/C14H25NO4/c1-3-4-5-6-7-8-9-10-11-12(2)13(16)19-14(17)15-18/h11,18H,3-10H2,1-2H3,(H,15,17). The number of nitrogens with one attached hydrogen (secondary N) is 1. The van der Waals surface area contributed by atoms with Gasteiger partial charge in [0.1, 0.15) is 0 Å². The van der Waals surface area contributed by atoms with Crippen LogP contribution < -0.4 is 5.48 Å². The summed E-state index contributed by atoms with van der Waals surface area (Å²) in [5.41, 5.74) is 1.63. The third-order valence-corrected chi connectivity index (χ3v) is 2.86. The molecule has 1 amide bonds. The molecule has 0 atom stereocenters. The number of carbonyl (C=O) groups excluding carboxylic acids is 2. The van der Waals surface area contributed by atoms with Crippen molar-refractivity contribution in [2.24, 2.45) is 0 Å². The highest BCUT2D eigenvalue weighted by atomic mass is 16.6. The van der Waals surface area contributed by atoms with Crippen molar-refractivity contribution < 1.29 is 19.5 Å². The number of carbonyl (C=O) groups is 2. The van der Waals surface area contributed by atoms with E-state index >= 15 is 0 Å². The van der Waals surface area contributed by atoms with Gasteiger partial charge in [0, 0.05) is 5.57 Å². The van der Waals surface area contributed by atoms with Gasteiger partial charge in [0.05, 0.1) is 0 Å². The Kier molecular flexibility index (Phi) is 10.9. The average Bonchev–Trinajstić information content (AvgIpc) is 2.41. The summed E-state index contributed by atoms with van der Waals surface area (Å²) in [6.07, 6.45) is 9.95. The van der Waals surface area contributed by atoms with Gasteiger partial charge in [-0.1, -0.05) is 51.5 Å². The predicted molar refractivity (Wildman–Crippen MR) is 72.8 cm³/mol. The number of unbranched alkanes of at least 4 members (excludes halogenated alkanes) is 7. The number of hydrogen-bond acceptors (Lipinski definition) is 4. The van der Waals surface area contributed by atoms with Crippen molar-refractivity contribution in [1.29, 1.82) is 0 Å². The van der Waals surface area contributed by atoms with Crippen LogP contribution in [0.1, 0.15) is 65.2 Å². The second kappa shape index (κ2) is 11.7. The molecule has 0 saturated carbocycles. The van der Waals surface area contributed by atoms with E-state index in [4.69, 9.17) is 5.21 Å². The molecule has 0 radical (unpaired) electrons. The van der Waals surface area contributed by atoms with Crippen LogP contribution >= 0.6 is 0 Å². The van der Waals surface area contributed by atoms with Crippen LogP contribution in [0.4, 0.5) is 4.79 Å². The molecule has 0 rings (SSSR count). The molecule has 0 aromatic heterocycles. The van der Waals surface area contributed by atoms with Gasteiger partial charge >= 0.3 is 12.1 Å². The van der Waals surface area contributed by atoms with Crippen molar-refractivity contribution in [2.45, 2.75) is 65.2 Å². The van der Waals surface area contributed by atoms with Gasteiger partial charge in [-0.05, 0) is 19.8 Å². The van der Waals surface area contributed by atoms with Crippen molar-refractivity contribution in [3.05, 3.63) is 11.6 Å². The molecule has 0 bridgehead atoms. The molecule has 0 aromatic carbocycles. The van der Waals surface area contributed by atoms with Crippen molar-refractivity contribution in [1.82, 2.24) is 5.48 Å². The molecule has 2 N–H and O–H groups in total. The summed E-state index contributed by atoms with van der Waals surface area (Å²) in [6.45, 7) is 3.79. The highest BCUT2D eigenvalue weighted by Gasteiger charge is 2.10. The second-order valence-corrected chi connectivity index (χ2v) is 4.59. The monoisotopic (exact) mass is 271 g/mol. The topological polar surface area (TPSA) is 75.6 Å². The van der Waals surface area contributed by atoms with E-state index in [9.17, 15) is 9.59 Å². The predicted octanol–water partition coefficient (Wildman–Crippen LogP) is 3.72. The van der Waals surface area contributed by atoms with Gasteiger partial charge in [0.2, 0.25) is 0 Å². The van der Waals surface area contributed by atoms with Gasteiger partial charge in [-0.25, -0.2) is 15.1 Å². The minimum atomic E-state index is -1.16. The Bertz CT molecular complexity index is 300. The van der Waals surface area contributed by atoms with Crippen molar-refractivity contribution in [3.63, 3.8) is 0 Å². The van der Waals surface area contributed by atoms with E-state index in [1.165, 1.54) is 37.6 Å². The maximum Gasteiger partial charge on any atom is 0.439 e. The molecule has 0 aliphatic heterocycles. The quantitative estimate of drug-likeness (QED) is 0.167. The smallest absolute Gasteiger partial charge is 0.371 e. The molecular weight excluding hydrogens is 246 g/mol. The van der Waals surface area contributed by atoms with Crippen LogP contribution in [0.25, 0.3) is 0 Å². The lowest BCUT2D eigenvalue weighted by Crippen LogP contribution is -2.23. The summed E-state index contributed by atoms with van der Waals surface area (Å²) >= 11 is 0. The Hall–Kier alpha value is -1.36. The van der Waals surface area contributed by atoms with E-state index in [0.717, 1.165) is 19.3 Å². The summed E-state index contributed by atoms with van der Waals surface area (Å²) in [5.74, 6) is -0.727. The third kappa shape index (κ3) is 10.3. The maximum absolute atomic E-state index is 11.3. The highest BCUT2D eigenvalue weighted by Crippen LogP contribution is 2.10. The molecule has 0 unspecified atom stereocenters. The van der Waals surface area contributed by atoms with Crippen LogP contribution in [0.15, 0.2) is 11.6 Å². The molecule has 110 valence electrons. The van der Waals surface area contributed by atoms with Crippen LogP contribution in [-0.4, -0.2) is 17.3 Å². The largest absolute Gasteiger partial charge is 0.439 e. The van der Waals surface area contributed by atoms with E-state index in [-0.39, 0.29) is 0 Å². The summed E-state index contributed by atoms with van der Waals surface area (Å²) in [7, 11) is 0. The molecule has 0 heterocycles. The van der Waals surface area contributed by atoms with Gasteiger partial charge in [-0.3, -0.25) is 5.21 Å². The Morgan fingerprint density at radius 3 is 2.26 bits per heavy atom. The summed E-state index contributed by atoms with van der Waals surface area (Å²) in [6, 6.07) is 0. The molecule has 0 aliphatic rings. The lowest BCUT2D eigenvalue weighted by atomic mass is 10.1. The molecule has 0 saturated heterocycles. The Labute approximate surface area is 115 Å². The van der Waals surface area contributed by atoms with Crippen LogP contribution in [0.2, 0.25) is 0 Å². The number of hydrogen-bond donors (Lipinski definition) is 2. The molecule has 5 heteroatoms. The lowest BCUT2D eigenvalue weighted by molar-refractivity contribution is -0.133. The average molecular weight is 271 g/mol. The van der Waals surface area contributed by atoms with Crippen LogP contribution in [0.3, 0.4) is 0 Å². The van der Waals surface area contributed by atoms with Gasteiger partial charge in [0.15, 0.2) is 0 Å². The minimum absolute atomic E-state index is 0.384. The zero-order valence-electron chi connectivity index (χ0n) is 11.9. The molecular formula is C14H25NO4. The van der Waals surface area contributed by atoms with E-state index in [1.807, 2.05) is 0 Å². The molecule has 0 spiro atoms. The number of rotatable bonds is 9. The van der Waals surface area contributed by atoms with Crippen molar-refractivity contribution in [2.75, 3.05) is 0 Å². The molecule has 5 nitrogen and oxygen atoms in total. The van der Waals surface area contributed by atoms with Crippen LogP contribution in [0.5, 0.6) is 0 Å².